The Morgan fingerprint density at radius 1 is 1.35 bits per heavy atom. The summed E-state index contributed by atoms with van der Waals surface area (Å²) in [5.41, 5.74) is 0.630. The molecule has 92 valence electrons. The highest BCUT2D eigenvalue weighted by atomic mass is 35.5. The fourth-order valence-corrected chi connectivity index (χ4v) is 2.50. The van der Waals surface area contributed by atoms with Gasteiger partial charge in [-0.1, -0.05) is 13.0 Å². The van der Waals surface area contributed by atoms with E-state index in [1.807, 2.05) is 28.8 Å². The maximum absolute atomic E-state index is 6.03. The second-order valence-corrected chi connectivity index (χ2v) is 4.63. The zero-order chi connectivity index (χ0) is 12.3. The predicted molar refractivity (Wildman–Crippen MR) is 73.3 cm³/mol. The molecular weight excluding hydrogens is 257 g/mol. The van der Waals surface area contributed by atoms with Crippen LogP contribution in [0.2, 0.25) is 0 Å². The second-order valence-electron chi connectivity index (χ2n) is 4.09. The van der Waals surface area contributed by atoms with E-state index in [9.17, 15) is 0 Å². The van der Waals surface area contributed by atoms with Crippen molar-refractivity contribution in [1.29, 1.82) is 0 Å². The third kappa shape index (κ3) is 2.35. The Bertz CT molecular complexity index is 483. The van der Waals surface area contributed by atoms with E-state index in [4.69, 9.17) is 23.2 Å². The summed E-state index contributed by atoms with van der Waals surface area (Å²) in [5, 5.41) is 3.43. The molecule has 0 aromatic carbocycles. The third-order valence-corrected chi connectivity index (χ3v) is 4.03. The van der Waals surface area contributed by atoms with E-state index in [1.54, 1.807) is 6.20 Å². The molecule has 0 saturated carbocycles. The number of nitrogens with one attached hydrogen (secondary N) is 1. The molecule has 0 spiro atoms. The standard InChI is InChI=1S/C12H15Cl2N3/c1-2-12(8-13,9-14)16-11-5-3-4-10-15-6-7-17(10)11/h3-7,16H,2,8-9H2,1H3. The fourth-order valence-electron chi connectivity index (χ4n) is 1.70. The summed E-state index contributed by atoms with van der Waals surface area (Å²) in [6.07, 6.45) is 4.56. The molecule has 2 aromatic heterocycles. The molecule has 17 heavy (non-hydrogen) atoms. The number of alkyl halides is 2. The van der Waals surface area contributed by atoms with E-state index in [0.717, 1.165) is 17.9 Å². The smallest absolute Gasteiger partial charge is 0.138 e. The van der Waals surface area contributed by atoms with E-state index < -0.39 is 0 Å². The molecule has 0 aliphatic carbocycles. The normalized spacial score (nSPS) is 11.9. The van der Waals surface area contributed by atoms with E-state index >= 15 is 0 Å². The number of anilines is 1. The van der Waals surface area contributed by atoms with Gasteiger partial charge in [0.1, 0.15) is 11.5 Å². The summed E-state index contributed by atoms with van der Waals surface area (Å²) < 4.78 is 1.99. The molecule has 0 aliphatic heterocycles. The SMILES string of the molecule is CCC(CCl)(CCl)Nc1cccc2nccn12. The van der Waals surface area contributed by atoms with Crippen LogP contribution < -0.4 is 5.32 Å². The number of nitrogens with zero attached hydrogens (tertiary/aromatic N) is 2. The molecule has 3 nitrogen and oxygen atoms in total. The molecule has 2 rings (SSSR count). The van der Waals surface area contributed by atoms with Crippen molar-refractivity contribution in [2.24, 2.45) is 0 Å². The first-order chi connectivity index (χ1) is 8.24. The number of pyridine rings is 1. The predicted octanol–water partition coefficient (Wildman–Crippen LogP) is 3.37. The second kappa shape index (κ2) is 5.15. The minimum Gasteiger partial charge on any atom is -0.363 e. The first kappa shape index (κ1) is 12.5. The van der Waals surface area contributed by atoms with Gasteiger partial charge in [-0.15, -0.1) is 23.2 Å². The van der Waals surface area contributed by atoms with Crippen LogP contribution in [0.3, 0.4) is 0 Å². The van der Waals surface area contributed by atoms with Gasteiger partial charge >= 0.3 is 0 Å². The van der Waals surface area contributed by atoms with E-state index in [0.29, 0.717) is 11.8 Å². The summed E-state index contributed by atoms with van der Waals surface area (Å²) >= 11 is 12.1. The average molecular weight is 272 g/mol. The van der Waals surface area contributed by atoms with Crippen LogP contribution >= 0.6 is 23.2 Å². The molecule has 0 unspecified atom stereocenters. The Morgan fingerprint density at radius 3 is 2.76 bits per heavy atom. The highest BCUT2D eigenvalue weighted by Gasteiger charge is 2.26. The Morgan fingerprint density at radius 2 is 2.12 bits per heavy atom. The van der Waals surface area contributed by atoms with Crippen molar-refractivity contribution in [2.75, 3.05) is 17.1 Å². The summed E-state index contributed by atoms with van der Waals surface area (Å²) in [6.45, 7) is 2.08. The number of imidazole rings is 1. The van der Waals surface area contributed by atoms with Crippen molar-refractivity contribution in [1.82, 2.24) is 9.38 Å². The molecule has 0 aliphatic rings. The molecule has 0 radical (unpaired) electrons. The summed E-state index contributed by atoms with van der Waals surface area (Å²) in [7, 11) is 0. The minimum absolute atomic E-state index is 0.276. The van der Waals surface area contributed by atoms with Crippen molar-refractivity contribution < 1.29 is 0 Å². The van der Waals surface area contributed by atoms with Gasteiger partial charge in [0, 0.05) is 24.2 Å². The van der Waals surface area contributed by atoms with Gasteiger partial charge in [-0.05, 0) is 18.6 Å². The number of rotatable bonds is 5. The Kier molecular flexibility index (Phi) is 3.79. The molecule has 0 saturated heterocycles. The molecular formula is C12H15Cl2N3. The lowest BCUT2D eigenvalue weighted by Crippen LogP contribution is -2.42. The molecule has 0 bridgehead atoms. The summed E-state index contributed by atoms with van der Waals surface area (Å²) in [6, 6.07) is 5.92. The van der Waals surface area contributed by atoms with Crippen LogP contribution in [0.4, 0.5) is 5.82 Å². The van der Waals surface area contributed by atoms with Crippen LogP contribution in [0, 0.1) is 0 Å². The van der Waals surface area contributed by atoms with Gasteiger partial charge in [0.05, 0.1) is 5.54 Å². The van der Waals surface area contributed by atoms with Crippen LogP contribution in [0.1, 0.15) is 13.3 Å². The van der Waals surface area contributed by atoms with Crippen molar-refractivity contribution in [2.45, 2.75) is 18.9 Å². The molecule has 2 aromatic rings. The van der Waals surface area contributed by atoms with Crippen LogP contribution in [-0.4, -0.2) is 26.7 Å². The van der Waals surface area contributed by atoms with Crippen molar-refractivity contribution in [3.8, 4) is 0 Å². The summed E-state index contributed by atoms with van der Waals surface area (Å²) in [4.78, 5) is 4.24. The molecule has 1 N–H and O–H groups in total. The van der Waals surface area contributed by atoms with Gasteiger partial charge < -0.3 is 5.32 Å². The number of aromatic nitrogens is 2. The Hall–Kier alpha value is -0.930. The minimum atomic E-state index is -0.276. The fraction of sp³-hybridized carbons (Fsp3) is 0.417. The highest BCUT2D eigenvalue weighted by Crippen LogP contribution is 2.22. The van der Waals surface area contributed by atoms with Crippen LogP contribution in [-0.2, 0) is 0 Å². The average Bonchev–Trinajstić information content (AvgIpc) is 2.85. The molecule has 0 amide bonds. The first-order valence-corrected chi connectivity index (χ1v) is 6.64. The maximum atomic E-state index is 6.03. The third-order valence-electron chi connectivity index (χ3n) is 3.01. The lowest BCUT2D eigenvalue weighted by Gasteiger charge is -2.31. The number of halogens is 2. The van der Waals surface area contributed by atoms with Gasteiger partial charge in [-0.25, -0.2) is 4.98 Å². The van der Waals surface area contributed by atoms with Gasteiger partial charge in [0.2, 0.25) is 0 Å². The van der Waals surface area contributed by atoms with Gasteiger partial charge in [-0.3, -0.25) is 4.40 Å². The van der Waals surface area contributed by atoms with E-state index in [1.165, 1.54) is 0 Å². The van der Waals surface area contributed by atoms with Gasteiger partial charge in [0.15, 0.2) is 0 Å². The van der Waals surface area contributed by atoms with Crippen molar-refractivity contribution >= 4 is 34.7 Å². The van der Waals surface area contributed by atoms with Gasteiger partial charge in [0.25, 0.3) is 0 Å². The number of hydrogen-bond donors (Lipinski definition) is 1. The van der Waals surface area contributed by atoms with Gasteiger partial charge in [-0.2, -0.15) is 0 Å². The van der Waals surface area contributed by atoms with Crippen LogP contribution in [0.5, 0.6) is 0 Å². The number of hydrogen-bond acceptors (Lipinski definition) is 2. The highest BCUT2D eigenvalue weighted by molar-refractivity contribution is 6.22. The molecule has 0 fully saturated rings. The Balaban J connectivity index is 2.37. The largest absolute Gasteiger partial charge is 0.363 e. The zero-order valence-electron chi connectivity index (χ0n) is 9.66. The summed E-state index contributed by atoms with van der Waals surface area (Å²) in [5.74, 6) is 1.90. The maximum Gasteiger partial charge on any atom is 0.138 e. The van der Waals surface area contributed by atoms with E-state index in [-0.39, 0.29) is 5.54 Å². The molecule has 5 heteroatoms. The zero-order valence-corrected chi connectivity index (χ0v) is 11.2. The molecule has 0 atom stereocenters. The van der Waals surface area contributed by atoms with Crippen LogP contribution in [0.15, 0.2) is 30.6 Å². The topological polar surface area (TPSA) is 29.3 Å². The van der Waals surface area contributed by atoms with Crippen molar-refractivity contribution in [3.05, 3.63) is 30.6 Å². The monoisotopic (exact) mass is 271 g/mol. The number of fused-ring (bicyclic) bond motifs is 1. The van der Waals surface area contributed by atoms with Crippen molar-refractivity contribution in [3.63, 3.8) is 0 Å². The lowest BCUT2D eigenvalue weighted by molar-refractivity contribution is 0.557. The Labute approximate surface area is 111 Å². The molecule has 2 heterocycles. The quantitative estimate of drug-likeness (QED) is 0.845. The van der Waals surface area contributed by atoms with E-state index in [2.05, 4.69) is 17.2 Å². The van der Waals surface area contributed by atoms with Crippen LogP contribution in [0.25, 0.3) is 5.65 Å². The first-order valence-electron chi connectivity index (χ1n) is 5.57. The lowest BCUT2D eigenvalue weighted by atomic mass is 10.0.